The number of hydrogen-bond donors (Lipinski definition) is 1. The van der Waals surface area contributed by atoms with E-state index in [-0.39, 0.29) is 0 Å². The van der Waals surface area contributed by atoms with Gasteiger partial charge in [0.05, 0.1) is 24.3 Å². The number of nitrogens with zero attached hydrogens (tertiary/aromatic N) is 4. The Kier molecular flexibility index (Phi) is 4.38. The first-order chi connectivity index (χ1) is 12.2. The summed E-state index contributed by atoms with van der Waals surface area (Å²) in [4.78, 5) is 13.7. The van der Waals surface area contributed by atoms with E-state index in [1.165, 1.54) is 37.7 Å². The Labute approximate surface area is 148 Å². The molecule has 5 heteroatoms. The Hall–Kier alpha value is -2.43. The zero-order valence-electron chi connectivity index (χ0n) is 14.9. The van der Waals surface area contributed by atoms with E-state index in [1.807, 2.05) is 18.6 Å². The minimum absolute atomic E-state index is 0.477. The molecule has 1 aliphatic carbocycles. The summed E-state index contributed by atoms with van der Waals surface area (Å²) in [6.07, 6.45) is 14.1. The predicted molar refractivity (Wildman–Crippen MR) is 101 cm³/mol. The van der Waals surface area contributed by atoms with Crippen LogP contribution in [0.2, 0.25) is 0 Å². The molecule has 0 amide bonds. The van der Waals surface area contributed by atoms with Crippen molar-refractivity contribution < 1.29 is 0 Å². The lowest BCUT2D eigenvalue weighted by Gasteiger charge is -2.23. The molecule has 1 N–H and O–H groups in total. The van der Waals surface area contributed by atoms with Crippen molar-refractivity contribution in [3.05, 3.63) is 42.5 Å². The summed E-state index contributed by atoms with van der Waals surface area (Å²) in [7, 11) is 0. The van der Waals surface area contributed by atoms with Gasteiger partial charge in [-0.3, -0.25) is 9.38 Å². The lowest BCUT2D eigenvalue weighted by atomic mass is 9.95. The van der Waals surface area contributed by atoms with Crippen LogP contribution in [0.1, 0.15) is 57.4 Å². The van der Waals surface area contributed by atoms with Crippen molar-refractivity contribution in [1.29, 1.82) is 0 Å². The average molecular weight is 335 g/mol. The molecule has 3 aromatic heterocycles. The summed E-state index contributed by atoms with van der Waals surface area (Å²) >= 11 is 0. The number of rotatable bonds is 4. The largest absolute Gasteiger partial charge is 0.366 e. The van der Waals surface area contributed by atoms with Crippen LogP contribution in [0.5, 0.6) is 0 Å². The Morgan fingerprint density at radius 3 is 2.72 bits per heavy atom. The standard InChI is InChI=1S/C20H25N5/c1-14(2)15-8-9-20-22-11-18(25(20)13-15)17-10-21-12-19(24-17)23-16-6-4-3-5-7-16/h8-14,16H,3-7H2,1-2H3,(H,23,24). The van der Waals surface area contributed by atoms with Crippen molar-refractivity contribution in [1.82, 2.24) is 19.4 Å². The molecule has 130 valence electrons. The molecule has 0 aromatic carbocycles. The van der Waals surface area contributed by atoms with Gasteiger partial charge in [0.1, 0.15) is 17.2 Å². The highest BCUT2D eigenvalue weighted by atomic mass is 15.1. The highest BCUT2D eigenvalue weighted by molar-refractivity contribution is 5.61. The van der Waals surface area contributed by atoms with Crippen molar-refractivity contribution in [2.24, 2.45) is 0 Å². The number of pyridine rings is 1. The van der Waals surface area contributed by atoms with E-state index >= 15 is 0 Å². The third-order valence-corrected chi connectivity index (χ3v) is 5.05. The van der Waals surface area contributed by atoms with E-state index in [9.17, 15) is 0 Å². The van der Waals surface area contributed by atoms with Gasteiger partial charge in [0, 0.05) is 12.2 Å². The van der Waals surface area contributed by atoms with Gasteiger partial charge in [0.15, 0.2) is 0 Å². The summed E-state index contributed by atoms with van der Waals surface area (Å²) in [5.41, 5.74) is 4.06. The first-order valence-electron chi connectivity index (χ1n) is 9.26. The van der Waals surface area contributed by atoms with E-state index in [1.54, 1.807) is 0 Å². The van der Waals surface area contributed by atoms with Crippen LogP contribution in [-0.4, -0.2) is 25.4 Å². The average Bonchev–Trinajstić information content (AvgIpc) is 3.06. The van der Waals surface area contributed by atoms with Crippen LogP contribution in [0, 0.1) is 0 Å². The third kappa shape index (κ3) is 3.36. The van der Waals surface area contributed by atoms with Crippen molar-refractivity contribution in [3.63, 3.8) is 0 Å². The first-order valence-corrected chi connectivity index (χ1v) is 9.26. The van der Waals surface area contributed by atoms with Gasteiger partial charge in [-0.05, 0) is 30.4 Å². The summed E-state index contributed by atoms with van der Waals surface area (Å²) in [5.74, 6) is 1.34. The molecule has 0 aliphatic heterocycles. The van der Waals surface area contributed by atoms with Crippen LogP contribution >= 0.6 is 0 Å². The summed E-state index contributed by atoms with van der Waals surface area (Å²) in [6, 6.07) is 4.73. The zero-order chi connectivity index (χ0) is 17.2. The second kappa shape index (κ2) is 6.82. The maximum Gasteiger partial charge on any atom is 0.145 e. The Morgan fingerprint density at radius 1 is 1.08 bits per heavy atom. The molecule has 4 rings (SSSR count). The fraction of sp³-hybridized carbons (Fsp3) is 0.450. The molecular weight excluding hydrogens is 310 g/mol. The van der Waals surface area contributed by atoms with Gasteiger partial charge in [-0.1, -0.05) is 39.2 Å². The second-order valence-corrected chi connectivity index (χ2v) is 7.26. The molecule has 0 spiro atoms. The van der Waals surface area contributed by atoms with Crippen LogP contribution in [0.25, 0.3) is 17.0 Å². The fourth-order valence-electron chi connectivity index (χ4n) is 3.54. The number of fused-ring (bicyclic) bond motifs is 1. The van der Waals surface area contributed by atoms with Crippen LogP contribution in [0.3, 0.4) is 0 Å². The number of imidazole rings is 1. The molecule has 3 aromatic rings. The quantitative estimate of drug-likeness (QED) is 0.753. The molecule has 25 heavy (non-hydrogen) atoms. The second-order valence-electron chi connectivity index (χ2n) is 7.26. The van der Waals surface area contributed by atoms with Crippen molar-refractivity contribution in [2.45, 2.75) is 57.9 Å². The third-order valence-electron chi connectivity index (χ3n) is 5.05. The van der Waals surface area contributed by atoms with Crippen molar-refractivity contribution >= 4 is 11.5 Å². The Balaban J connectivity index is 1.66. The van der Waals surface area contributed by atoms with Gasteiger partial charge in [-0.25, -0.2) is 9.97 Å². The molecule has 0 radical (unpaired) electrons. The minimum atomic E-state index is 0.477. The minimum Gasteiger partial charge on any atom is -0.366 e. The molecule has 0 bridgehead atoms. The number of anilines is 1. The van der Waals surface area contributed by atoms with Crippen LogP contribution in [0.4, 0.5) is 5.82 Å². The zero-order valence-corrected chi connectivity index (χ0v) is 14.9. The van der Waals surface area contributed by atoms with E-state index in [2.05, 4.69) is 51.9 Å². The monoisotopic (exact) mass is 335 g/mol. The summed E-state index contributed by atoms with van der Waals surface area (Å²) in [5, 5.41) is 3.56. The molecular formula is C20H25N5. The Morgan fingerprint density at radius 2 is 1.92 bits per heavy atom. The number of nitrogens with one attached hydrogen (secondary N) is 1. The lowest BCUT2D eigenvalue weighted by Crippen LogP contribution is -2.22. The topological polar surface area (TPSA) is 55.1 Å². The van der Waals surface area contributed by atoms with Gasteiger partial charge >= 0.3 is 0 Å². The molecule has 0 unspecified atom stereocenters. The van der Waals surface area contributed by atoms with Crippen LogP contribution in [-0.2, 0) is 0 Å². The number of hydrogen-bond acceptors (Lipinski definition) is 4. The molecule has 5 nitrogen and oxygen atoms in total. The molecule has 1 saturated carbocycles. The van der Waals surface area contributed by atoms with Crippen molar-refractivity contribution in [3.8, 4) is 11.4 Å². The smallest absolute Gasteiger partial charge is 0.145 e. The van der Waals surface area contributed by atoms with E-state index < -0.39 is 0 Å². The fourth-order valence-corrected chi connectivity index (χ4v) is 3.54. The van der Waals surface area contributed by atoms with E-state index in [0.29, 0.717) is 12.0 Å². The molecule has 0 saturated heterocycles. The molecule has 1 aliphatic rings. The van der Waals surface area contributed by atoms with Gasteiger partial charge in [0.2, 0.25) is 0 Å². The number of aromatic nitrogens is 4. The SMILES string of the molecule is CC(C)c1ccc2ncc(-c3cncc(NC4CCCCC4)n3)n2c1. The van der Waals surface area contributed by atoms with E-state index in [4.69, 9.17) is 4.98 Å². The van der Waals surface area contributed by atoms with Crippen LogP contribution < -0.4 is 5.32 Å². The normalized spacial score (nSPS) is 15.8. The lowest BCUT2D eigenvalue weighted by molar-refractivity contribution is 0.462. The van der Waals surface area contributed by atoms with Gasteiger partial charge in [0.25, 0.3) is 0 Å². The van der Waals surface area contributed by atoms with Crippen molar-refractivity contribution in [2.75, 3.05) is 5.32 Å². The van der Waals surface area contributed by atoms with Crippen LogP contribution in [0.15, 0.2) is 36.9 Å². The predicted octanol–water partition coefficient (Wildman–Crippen LogP) is 4.66. The Bertz CT molecular complexity index is 861. The molecule has 3 heterocycles. The molecule has 1 fully saturated rings. The summed E-state index contributed by atoms with van der Waals surface area (Å²) in [6.45, 7) is 4.40. The van der Waals surface area contributed by atoms with Gasteiger partial charge < -0.3 is 5.32 Å². The van der Waals surface area contributed by atoms with E-state index in [0.717, 1.165) is 22.9 Å². The maximum absolute atomic E-state index is 4.80. The first kappa shape index (κ1) is 16.1. The molecule has 0 atom stereocenters. The highest BCUT2D eigenvalue weighted by Crippen LogP contribution is 2.24. The maximum atomic E-state index is 4.80. The summed E-state index contributed by atoms with van der Waals surface area (Å²) < 4.78 is 2.11. The van der Waals surface area contributed by atoms with Gasteiger partial charge in [-0.15, -0.1) is 0 Å². The highest BCUT2D eigenvalue weighted by Gasteiger charge is 2.15. The van der Waals surface area contributed by atoms with Gasteiger partial charge in [-0.2, -0.15) is 0 Å².